The SMILES string of the molecule is [2H][O-].[2H][O-].[2H][O-].[2H][O-].[2H][O-].[2H][O-].[OH4+2].[Ti+4]. The van der Waals surface area contributed by atoms with E-state index in [0.29, 0.717) is 0 Å². The van der Waals surface area contributed by atoms with Crippen LogP contribution < -0.4 is 0 Å². The van der Waals surface area contributed by atoms with Crippen LogP contribution in [0.5, 0.6) is 0 Å². The first kappa shape index (κ1) is 11.3. The molecule has 56 valence electrons. The molecule has 0 aromatic carbocycles. The molecule has 0 radical (unpaired) electrons. The maximum atomic E-state index is 7.50. The average Bonchev–Trinajstić information content (AvgIpc) is 2.33. The topological polar surface area (TPSA) is 214 Å². The minimum absolute atomic E-state index is 0. The van der Waals surface area contributed by atoms with E-state index in [1.165, 1.54) is 0 Å². The first-order valence-electron chi connectivity index (χ1n) is 2.45. The van der Waals surface area contributed by atoms with Crippen LogP contribution in [0.25, 0.3) is 0 Å². The third-order valence-corrected chi connectivity index (χ3v) is 0. The van der Waals surface area contributed by atoms with Gasteiger partial charge in [0.15, 0.2) is 0 Å². The summed E-state index contributed by atoms with van der Waals surface area (Å²) in [4.78, 5) is 0. The molecule has 0 aromatic rings. The second-order valence-corrected chi connectivity index (χ2v) is 0. The van der Waals surface area contributed by atoms with Crippen LogP contribution in [0.3, 0.4) is 0 Å². The summed E-state index contributed by atoms with van der Waals surface area (Å²) in [7, 11) is 0. The summed E-state index contributed by atoms with van der Waals surface area (Å²) >= 11 is 0. The van der Waals surface area contributed by atoms with E-state index < -0.39 is 0 Å². The van der Waals surface area contributed by atoms with Crippen LogP contribution in [-0.2, 0) is 27.2 Å². The van der Waals surface area contributed by atoms with Gasteiger partial charge in [0.2, 0.25) is 0 Å². The maximum Gasteiger partial charge on any atom is 4.00 e. The molecule has 0 aromatic heterocycles. The minimum atomic E-state index is 0. The Morgan fingerprint density at radius 2 is 0.625 bits per heavy atom. The zero-order chi connectivity index (χ0) is 12.0. The number of rotatable bonds is 0. The summed E-state index contributed by atoms with van der Waals surface area (Å²) < 4.78 is 27.0. The molecule has 0 spiro atoms. The van der Waals surface area contributed by atoms with Crippen molar-refractivity contribution in [3.8, 4) is 0 Å². The van der Waals surface area contributed by atoms with Gasteiger partial charge in [0.25, 0.3) is 0 Å². The van der Waals surface area contributed by atoms with E-state index in [-0.39, 0.29) is 27.2 Å². The van der Waals surface area contributed by atoms with E-state index in [2.05, 4.69) is 8.59 Å². The van der Waals surface area contributed by atoms with Gasteiger partial charge >= 0.3 is 21.7 Å². The summed E-state index contributed by atoms with van der Waals surface area (Å²) in [6.45, 7) is 0. The third-order valence-electron chi connectivity index (χ3n) is 0. The van der Waals surface area contributed by atoms with Crippen molar-refractivity contribution >= 4 is 0 Å². The molecule has 0 saturated carbocycles. The molecule has 0 rings (SSSR count). The second-order valence-electron chi connectivity index (χ2n) is 0. The molecule has 0 fully saturated rings. The van der Waals surface area contributed by atoms with Gasteiger partial charge in [0, 0.05) is 0 Å². The van der Waals surface area contributed by atoms with Crippen LogP contribution >= 0.6 is 0 Å². The monoisotopic (exact) mass is 176 g/mol. The van der Waals surface area contributed by atoms with Crippen LogP contribution in [0.1, 0.15) is 8.59 Å². The van der Waals surface area contributed by atoms with E-state index in [9.17, 15) is 0 Å². The van der Waals surface area contributed by atoms with E-state index >= 15 is 0 Å². The molecule has 0 amide bonds. The molecule has 0 bridgehead atoms. The normalized spacial score (nSPS) is 5.25. The van der Waals surface area contributed by atoms with Crippen molar-refractivity contribution in [2.45, 2.75) is 0 Å². The fourth-order valence-electron chi connectivity index (χ4n) is 0. The molecule has 10 N–H and O–H groups in total. The van der Waals surface area contributed by atoms with Gasteiger partial charge in [-0.25, -0.2) is 0 Å². The first-order chi connectivity index (χ1) is 6.00. The summed E-state index contributed by atoms with van der Waals surface area (Å²) in [6, 6.07) is 0. The van der Waals surface area contributed by atoms with Crippen molar-refractivity contribution < 1.29 is 68.7 Å². The second kappa shape index (κ2) is 1630. The minimum Gasteiger partial charge on any atom is -0.873 e. The van der Waals surface area contributed by atoms with Gasteiger partial charge in [-0.05, 0) is 0 Å². The molecule has 0 saturated heterocycles. The zero-order valence-corrected chi connectivity index (χ0v) is 5.22. The Labute approximate surface area is 69.7 Å². The summed E-state index contributed by atoms with van der Waals surface area (Å²) in [5.74, 6) is 0. The molecule has 7 nitrogen and oxygen atoms in total. The largest absolute Gasteiger partial charge is 4.00 e. The van der Waals surface area contributed by atoms with Crippen LogP contribution in [0.2, 0.25) is 0 Å². The van der Waals surface area contributed by atoms with Gasteiger partial charge < -0.3 is 38.3 Å². The van der Waals surface area contributed by atoms with Gasteiger partial charge in [-0.1, -0.05) is 0 Å². The fraction of sp³-hybridized carbons (Fsp3) is 0. The third kappa shape index (κ3) is 1010. The predicted molar refractivity (Wildman–Crippen MR) is 17.9 cm³/mol. The Morgan fingerprint density at radius 3 is 0.625 bits per heavy atom. The van der Waals surface area contributed by atoms with Gasteiger partial charge in [-0.2, -0.15) is 0 Å². The molecule has 8 heavy (non-hydrogen) atoms. The molecule has 0 aliphatic rings. The molecule has 0 aliphatic heterocycles. The summed E-state index contributed by atoms with van der Waals surface area (Å²) in [6.07, 6.45) is 0. The van der Waals surface area contributed by atoms with Crippen LogP contribution in [0.15, 0.2) is 0 Å². The van der Waals surface area contributed by atoms with Crippen molar-refractivity contribution in [3.05, 3.63) is 0 Å². The Morgan fingerprint density at radius 1 is 0.625 bits per heavy atom. The van der Waals surface area contributed by atoms with E-state index in [1.54, 1.807) is 0 Å². The van der Waals surface area contributed by atoms with E-state index in [1.807, 2.05) is 0 Å². The number of hydrogen-bond donors (Lipinski definition) is 0. The van der Waals surface area contributed by atoms with Gasteiger partial charge in [-0.3, -0.25) is 0 Å². The molecule has 8 heteroatoms. The smallest absolute Gasteiger partial charge is 0.873 e. The van der Waals surface area contributed by atoms with E-state index in [0.717, 1.165) is 0 Å². The Kier molecular flexibility index (Phi) is 2300. The molecular weight excluding hydrogens is 160 g/mol. The Hall–Kier alpha value is 0.434. The van der Waals surface area contributed by atoms with Gasteiger partial charge in [0.1, 0.15) is 0 Å². The summed E-state index contributed by atoms with van der Waals surface area (Å²) in [5.41, 5.74) is 45.0. The summed E-state index contributed by atoms with van der Waals surface area (Å²) in [5, 5.41) is 0. The maximum absolute atomic E-state index is 7.50. The Balaban J connectivity index is -0.00000000500. The molecule has 0 aliphatic carbocycles. The molecule has 0 unspecified atom stereocenters. The molecular formula is H10O7Ti. The first-order valence-corrected chi connectivity index (χ1v) is 0. The number of hydrogen-bond acceptors (Lipinski definition) is 6. The average molecular weight is 176 g/mol. The van der Waals surface area contributed by atoms with Gasteiger partial charge in [-0.15, -0.1) is 8.59 Å². The van der Waals surface area contributed by atoms with Gasteiger partial charge in [0.05, 0.1) is 0 Å². The predicted octanol–water partition coefficient (Wildman–Crippen LogP) is -2.25. The molecule has 0 atom stereocenters. The van der Waals surface area contributed by atoms with Crippen LogP contribution in [0.4, 0.5) is 0 Å². The van der Waals surface area contributed by atoms with Crippen LogP contribution in [0, 0.1) is 0 Å². The van der Waals surface area contributed by atoms with E-state index in [4.69, 9.17) is 32.9 Å². The van der Waals surface area contributed by atoms with Crippen molar-refractivity contribution in [1.82, 2.24) is 0 Å². The standard InChI is InChI=1S/H4O.6H2O.Ti/h1H4;6*1H2;/q+2;;;;;;;+4/p-6/i/hD6. The fourth-order valence-corrected chi connectivity index (χ4v) is 0. The quantitative estimate of drug-likeness (QED) is 0.370. The van der Waals surface area contributed by atoms with Crippen molar-refractivity contribution in [2.24, 2.45) is 0 Å². The zero-order valence-electron chi connectivity index (χ0n) is 9.66. The van der Waals surface area contributed by atoms with Crippen molar-refractivity contribution in [3.63, 3.8) is 0 Å². The van der Waals surface area contributed by atoms with Crippen LogP contribution in [-0.4, -0.2) is 32.9 Å². The molecule has 0 heterocycles. The van der Waals surface area contributed by atoms with Crippen molar-refractivity contribution in [1.29, 1.82) is 0 Å². The Bertz CT molecular complexity index is 18.1. The van der Waals surface area contributed by atoms with Crippen molar-refractivity contribution in [2.75, 3.05) is 0 Å².